The van der Waals surface area contributed by atoms with Crippen LogP contribution in [0.1, 0.15) is 10.4 Å². The molecule has 0 aromatic carbocycles. The Labute approximate surface area is 101 Å². The van der Waals surface area contributed by atoms with Crippen molar-refractivity contribution in [1.29, 1.82) is 0 Å². The van der Waals surface area contributed by atoms with Crippen LogP contribution in [0.25, 0.3) is 0 Å². The van der Waals surface area contributed by atoms with Crippen molar-refractivity contribution >= 4 is 11.9 Å². The van der Waals surface area contributed by atoms with Gasteiger partial charge in [0, 0.05) is 6.20 Å². The van der Waals surface area contributed by atoms with Crippen molar-refractivity contribution in [2.75, 3.05) is 13.7 Å². The van der Waals surface area contributed by atoms with Gasteiger partial charge in [0.15, 0.2) is 11.9 Å². The van der Waals surface area contributed by atoms with E-state index in [-0.39, 0.29) is 0 Å². The molecule has 0 radical (unpaired) electrons. The summed E-state index contributed by atoms with van der Waals surface area (Å²) in [6.45, 7) is -0.729. The summed E-state index contributed by atoms with van der Waals surface area (Å²) < 4.78 is 30.3. The number of carbonyl (C=O) groups is 2. The molecule has 1 atom stereocenters. The highest BCUT2D eigenvalue weighted by atomic mass is 19.2. The minimum absolute atomic E-state index is 0.621. The van der Waals surface area contributed by atoms with Gasteiger partial charge < -0.3 is 15.2 Å². The lowest BCUT2D eigenvalue weighted by Crippen LogP contribution is -2.44. The summed E-state index contributed by atoms with van der Waals surface area (Å²) in [6.07, 6.45) is 0.902. The molecule has 0 saturated carbocycles. The van der Waals surface area contributed by atoms with Crippen LogP contribution in [-0.2, 0) is 9.53 Å². The minimum Gasteiger partial charge on any atom is -0.467 e. The number of aliphatic hydroxyl groups excluding tert-OH is 1. The molecule has 1 rings (SSSR count). The highest BCUT2D eigenvalue weighted by Crippen LogP contribution is 2.09. The Bertz CT molecular complexity index is 467. The zero-order chi connectivity index (χ0) is 13.7. The van der Waals surface area contributed by atoms with Crippen molar-refractivity contribution in [2.45, 2.75) is 6.04 Å². The van der Waals surface area contributed by atoms with Crippen LogP contribution in [-0.4, -0.2) is 41.7 Å². The molecule has 2 N–H and O–H groups in total. The summed E-state index contributed by atoms with van der Waals surface area (Å²) >= 11 is 0. The third-order valence-electron chi connectivity index (χ3n) is 2.06. The number of halogens is 2. The van der Waals surface area contributed by atoms with Gasteiger partial charge in [0.2, 0.25) is 5.95 Å². The maximum atomic E-state index is 13.2. The molecule has 8 heteroatoms. The molecule has 1 aromatic rings. The average Bonchev–Trinajstić information content (AvgIpc) is 2.37. The fourth-order valence-corrected chi connectivity index (χ4v) is 1.15. The lowest BCUT2D eigenvalue weighted by atomic mass is 10.2. The van der Waals surface area contributed by atoms with Crippen LogP contribution >= 0.6 is 0 Å². The topological polar surface area (TPSA) is 88.5 Å². The Morgan fingerprint density at radius 1 is 1.56 bits per heavy atom. The van der Waals surface area contributed by atoms with E-state index >= 15 is 0 Å². The largest absolute Gasteiger partial charge is 0.467 e. The Balaban J connectivity index is 2.88. The first-order valence-electron chi connectivity index (χ1n) is 4.80. The number of nitrogens with zero attached hydrogens (tertiary/aromatic N) is 1. The van der Waals surface area contributed by atoms with Crippen molar-refractivity contribution in [2.24, 2.45) is 0 Å². The monoisotopic (exact) mass is 260 g/mol. The standard InChI is InChI=1S/C10H10F2N2O4/c1-18-10(17)6(4-15)14-9(16)5-2-3-13-8(12)7(5)11/h2-3,6,15H,4H2,1H3,(H,14,16). The van der Waals surface area contributed by atoms with Crippen LogP contribution in [0, 0.1) is 11.8 Å². The van der Waals surface area contributed by atoms with E-state index in [2.05, 4.69) is 9.72 Å². The van der Waals surface area contributed by atoms with E-state index in [4.69, 9.17) is 5.11 Å². The molecule has 0 fully saturated rings. The van der Waals surface area contributed by atoms with Crippen LogP contribution in [0.15, 0.2) is 12.3 Å². The van der Waals surface area contributed by atoms with Gasteiger partial charge in [-0.25, -0.2) is 14.2 Å². The average molecular weight is 260 g/mol. The van der Waals surface area contributed by atoms with Crippen LogP contribution in [0.5, 0.6) is 0 Å². The number of aromatic nitrogens is 1. The summed E-state index contributed by atoms with van der Waals surface area (Å²) in [5.74, 6) is -4.82. The number of hydrogen-bond donors (Lipinski definition) is 2. The van der Waals surface area contributed by atoms with Gasteiger partial charge in [-0.1, -0.05) is 0 Å². The third kappa shape index (κ3) is 2.98. The first-order chi connectivity index (χ1) is 8.51. The molecule has 0 bridgehead atoms. The molecule has 98 valence electrons. The Morgan fingerprint density at radius 3 is 2.78 bits per heavy atom. The Kier molecular flexibility index (Phi) is 4.67. The second-order valence-corrected chi connectivity index (χ2v) is 3.20. The summed E-state index contributed by atoms with van der Waals surface area (Å²) in [5, 5.41) is 10.9. The molecule has 18 heavy (non-hydrogen) atoms. The van der Waals surface area contributed by atoms with Gasteiger partial charge in [0.1, 0.15) is 0 Å². The fraction of sp³-hybridized carbons (Fsp3) is 0.300. The smallest absolute Gasteiger partial charge is 0.330 e. The van der Waals surface area contributed by atoms with Gasteiger partial charge in [-0.2, -0.15) is 4.39 Å². The van der Waals surface area contributed by atoms with Crippen molar-refractivity contribution < 1.29 is 28.2 Å². The van der Waals surface area contributed by atoms with E-state index in [1.54, 1.807) is 0 Å². The second-order valence-electron chi connectivity index (χ2n) is 3.20. The number of esters is 1. The fourth-order valence-electron chi connectivity index (χ4n) is 1.15. The SMILES string of the molecule is COC(=O)C(CO)NC(=O)c1ccnc(F)c1F. The minimum atomic E-state index is -1.43. The summed E-state index contributed by atoms with van der Waals surface area (Å²) in [7, 11) is 1.06. The Hall–Kier alpha value is -2.09. The maximum Gasteiger partial charge on any atom is 0.330 e. The number of carbonyl (C=O) groups excluding carboxylic acids is 2. The molecule has 1 amide bonds. The van der Waals surface area contributed by atoms with E-state index in [9.17, 15) is 18.4 Å². The number of hydrogen-bond acceptors (Lipinski definition) is 5. The lowest BCUT2D eigenvalue weighted by Gasteiger charge is -2.13. The van der Waals surface area contributed by atoms with Gasteiger partial charge in [0.25, 0.3) is 5.91 Å². The van der Waals surface area contributed by atoms with Crippen LogP contribution in [0.2, 0.25) is 0 Å². The zero-order valence-electron chi connectivity index (χ0n) is 9.31. The predicted molar refractivity (Wildman–Crippen MR) is 54.5 cm³/mol. The first kappa shape index (κ1) is 14.0. The van der Waals surface area contributed by atoms with E-state index in [0.29, 0.717) is 0 Å². The zero-order valence-corrected chi connectivity index (χ0v) is 9.31. The molecule has 1 unspecified atom stereocenters. The molecular weight excluding hydrogens is 250 g/mol. The van der Waals surface area contributed by atoms with Crippen molar-refractivity contribution in [3.05, 3.63) is 29.6 Å². The van der Waals surface area contributed by atoms with E-state index in [1.165, 1.54) is 0 Å². The summed E-state index contributed by atoms with van der Waals surface area (Å²) in [4.78, 5) is 25.6. The Morgan fingerprint density at radius 2 is 2.22 bits per heavy atom. The summed E-state index contributed by atoms with van der Waals surface area (Å²) in [6, 6.07) is -0.405. The second kappa shape index (κ2) is 6.01. The normalized spacial score (nSPS) is 11.8. The third-order valence-corrected chi connectivity index (χ3v) is 2.06. The number of methoxy groups -OCH3 is 1. The molecular formula is C10H10F2N2O4. The highest BCUT2D eigenvalue weighted by molar-refractivity contribution is 5.96. The number of rotatable bonds is 4. The first-order valence-corrected chi connectivity index (χ1v) is 4.80. The number of amides is 1. The molecule has 0 spiro atoms. The van der Waals surface area contributed by atoms with Crippen LogP contribution < -0.4 is 5.32 Å². The van der Waals surface area contributed by atoms with E-state index < -0.39 is 41.9 Å². The molecule has 0 saturated heterocycles. The maximum absolute atomic E-state index is 13.2. The van der Waals surface area contributed by atoms with E-state index in [1.807, 2.05) is 5.32 Å². The van der Waals surface area contributed by atoms with Gasteiger partial charge in [0.05, 0.1) is 19.3 Å². The molecule has 0 aliphatic rings. The highest BCUT2D eigenvalue weighted by Gasteiger charge is 2.23. The van der Waals surface area contributed by atoms with Gasteiger partial charge in [-0.3, -0.25) is 4.79 Å². The molecule has 1 heterocycles. The van der Waals surface area contributed by atoms with Crippen LogP contribution in [0.3, 0.4) is 0 Å². The molecule has 6 nitrogen and oxygen atoms in total. The molecule has 1 aromatic heterocycles. The predicted octanol–water partition coefficient (Wildman–Crippen LogP) is -0.377. The lowest BCUT2D eigenvalue weighted by molar-refractivity contribution is -0.143. The number of nitrogens with one attached hydrogen (secondary N) is 1. The quantitative estimate of drug-likeness (QED) is 0.569. The number of aliphatic hydroxyl groups is 1. The van der Waals surface area contributed by atoms with Crippen molar-refractivity contribution in [3.8, 4) is 0 Å². The van der Waals surface area contributed by atoms with E-state index in [0.717, 1.165) is 19.4 Å². The van der Waals surface area contributed by atoms with Crippen LogP contribution in [0.4, 0.5) is 8.78 Å². The molecule has 0 aliphatic carbocycles. The van der Waals surface area contributed by atoms with Crippen molar-refractivity contribution in [3.63, 3.8) is 0 Å². The number of pyridine rings is 1. The number of ether oxygens (including phenoxy) is 1. The van der Waals surface area contributed by atoms with Crippen molar-refractivity contribution in [1.82, 2.24) is 10.3 Å². The van der Waals surface area contributed by atoms with Gasteiger partial charge in [-0.05, 0) is 6.07 Å². The molecule has 0 aliphatic heterocycles. The van der Waals surface area contributed by atoms with Gasteiger partial charge >= 0.3 is 5.97 Å². The van der Waals surface area contributed by atoms with Gasteiger partial charge in [-0.15, -0.1) is 0 Å². The summed E-state index contributed by atoms with van der Waals surface area (Å²) in [5.41, 5.74) is -0.621.